The summed E-state index contributed by atoms with van der Waals surface area (Å²) in [7, 11) is 4.08. The predicted octanol–water partition coefficient (Wildman–Crippen LogP) is 4.27. The average molecular weight is 410 g/mol. The predicted molar refractivity (Wildman–Crippen MR) is 118 cm³/mol. The van der Waals surface area contributed by atoms with E-state index in [1.54, 1.807) is 0 Å². The third kappa shape index (κ3) is 13.3. The van der Waals surface area contributed by atoms with Gasteiger partial charge >= 0.3 is 5.91 Å². The standard InChI is InChI=1S/C25H44NO.ClH/c1-4-5-6-7-8-9-10-11-12-13-14-15-19-22-25(27)26(2,3)23-24-20-17-16-18-21-24;/h16-18,20-21H,4-15,19,22-23H2,1-3H3;1H/q+1;/p-1. The topological polar surface area (TPSA) is 17.1 Å². The van der Waals surface area contributed by atoms with Crippen LogP contribution in [0.4, 0.5) is 0 Å². The van der Waals surface area contributed by atoms with Crippen molar-refractivity contribution in [1.29, 1.82) is 0 Å². The van der Waals surface area contributed by atoms with Crippen molar-refractivity contribution in [3.8, 4) is 0 Å². The second kappa shape index (κ2) is 17.0. The number of amides is 1. The van der Waals surface area contributed by atoms with Crippen LogP contribution in [0.15, 0.2) is 30.3 Å². The Morgan fingerprint density at radius 2 is 1.14 bits per heavy atom. The molecule has 0 atom stereocenters. The van der Waals surface area contributed by atoms with E-state index in [-0.39, 0.29) is 12.4 Å². The van der Waals surface area contributed by atoms with Gasteiger partial charge in [-0.05, 0) is 6.42 Å². The van der Waals surface area contributed by atoms with Crippen LogP contribution in [0.25, 0.3) is 0 Å². The second-order valence-electron chi connectivity index (χ2n) is 8.72. The van der Waals surface area contributed by atoms with Crippen LogP contribution in [0.2, 0.25) is 0 Å². The van der Waals surface area contributed by atoms with Gasteiger partial charge in [-0.2, -0.15) is 0 Å². The Balaban J connectivity index is 0.00000729. The number of hydrogen-bond acceptors (Lipinski definition) is 1. The molecule has 0 spiro atoms. The Bertz CT molecular complexity index is 487. The Morgan fingerprint density at radius 3 is 1.61 bits per heavy atom. The van der Waals surface area contributed by atoms with Gasteiger partial charge in [-0.25, -0.2) is 4.79 Å². The number of carbonyl (C=O) groups is 1. The Kier molecular flexibility index (Phi) is 16.5. The van der Waals surface area contributed by atoms with Crippen molar-refractivity contribution in [1.82, 2.24) is 0 Å². The maximum absolute atomic E-state index is 12.5. The summed E-state index contributed by atoms with van der Waals surface area (Å²) >= 11 is 0. The first-order valence-electron chi connectivity index (χ1n) is 11.5. The first-order valence-corrected chi connectivity index (χ1v) is 11.5. The number of benzene rings is 1. The van der Waals surface area contributed by atoms with Gasteiger partial charge in [0.15, 0.2) is 0 Å². The summed E-state index contributed by atoms with van der Waals surface area (Å²) in [6.07, 6.45) is 18.2. The van der Waals surface area contributed by atoms with Crippen LogP contribution < -0.4 is 12.4 Å². The summed E-state index contributed by atoms with van der Waals surface area (Å²) in [6, 6.07) is 10.3. The molecule has 28 heavy (non-hydrogen) atoms. The van der Waals surface area contributed by atoms with E-state index in [9.17, 15) is 4.79 Å². The van der Waals surface area contributed by atoms with Gasteiger partial charge in [0.25, 0.3) is 0 Å². The lowest BCUT2D eigenvalue weighted by Gasteiger charge is -2.27. The molecule has 0 fully saturated rings. The number of hydrogen-bond donors (Lipinski definition) is 0. The fourth-order valence-corrected chi connectivity index (χ4v) is 3.72. The van der Waals surface area contributed by atoms with Gasteiger partial charge in [-0.3, -0.25) is 4.48 Å². The molecule has 1 amide bonds. The SMILES string of the molecule is CCCCCCCCCCCCCCCC(=O)[N+](C)(C)Cc1ccccc1.[Cl-]. The van der Waals surface area contributed by atoms with E-state index in [0.717, 1.165) is 19.4 Å². The lowest BCUT2D eigenvalue weighted by atomic mass is 10.0. The van der Waals surface area contributed by atoms with Crippen molar-refractivity contribution in [3.05, 3.63) is 35.9 Å². The molecule has 0 aliphatic rings. The lowest BCUT2D eigenvalue weighted by Crippen LogP contribution is -3.00. The maximum atomic E-state index is 12.5. The molecule has 1 aromatic rings. The molecule has 0 aliphatic heterocycles. The third-order valence-corrected chi connectivity index (χ3v) is 5.59. The molecule has 0 aliphatic carbocycles. The van der Waals surface area contributed by atoms with E-state index >= 15 is 0 Å². The molecule has 0 heterocycles. The monoisotopic (exact) mass is 409 g/mol. The molecule has 0 aromatic heterocycles. The fraction of sp³-hybridized carbons (Fsp3) is 0.720. The molecular formula is C25H44ClNO. The number of unbranched alkanes of at least 4 members (excludes halogenated alkanes) is 12. The Morgan fingerprint density at radius 1 is 0.714 bits per heavy atom. The molecule has 0 saturated carbocycles. The van der Waals surface area contributed by atoms with Crippen molar-refractivity contribution in [2.75, 3.05) is 14.1 Å². The van der Waals surface area contributed by atoms with Gasteiger partial charge < -0.3 is 12.4 Å². The van der Waals surface area contributed by atoms with Gasteiger partial charge in [-0.15, -0.1) is 0 Å². The van der Waals surface area contributed by atoms with Gasteiger partial charge in [-0.1, -0.05) is 114 Å². The van der Waals surface area contributed by atoms with Crippen molar-refractivity contribution in [2.45, 2.75) is 103 Å². The number of quaternary nitrogens is 1. The van der Waals surface area contributed by atoms with E-state index in [4.69, 9.17) is 0 Å². The number of nitrogens with zero attached hydrogens (tertiary/aromatic N) is 1. The zero-order chi connectivity index (χ0) is 19.8. The van der Waals surface area contributed by atoms with E-state index in [2.05, 4.69) is 19.1 Å². The molecule has 0 saturated heterocycles. The molecule has 3 heteroatoms. The molecule has 0 bridgehead atoms. The van der Waals surface area contributed by atoms with Gasteiger partial charge in [0.05, 0.1) is 20.5 Å². The van der Waals surface area contributed by atoms with E-state index in [1.807, 2.05) is 32.3 Å². The smallest absolute Gasteiger partial charge is 0.313 e. The van der Waals surface area contributed by atoms with Crippen LogP contribution in [0.3, 0.4) is 0 Å². The number of rotatable bonds is 16. The van der Waals surface area contributed by atoms with E-state index < -0.39 is 0 Å². The van der Waals surface area contributed by atoms with Gasteiger partial charge in [0.2, 0.25) is 0 Å². The highest BCUT2D eigenvalue weighted by molar-refractivity contribution is 5.68. The highest BCUT2D eigenvalue weighted by atomic mass is 35.5. The Hall–Kier alpha value is -0.860. The van der Waals surface area contributed by atoms with Crippen LogP contribution in [0.5, 0.6) is 0 Å². The summed E-state index contributed by atoms with van der Waals surface area (Å²) < 4.78 is 0.461. The molecule has 1 rings (SSSR count). The molecule has 0 radical (unpaired) electrons. The summed E-state index contributed by atoms with van der Waals surface area (Å²) in [4.78, 5) is 12.5. The molecule has 2 nitrogen and oxygen atoms in total. The zero-order valence-corrected chi connectivity index (χ0v) is 19.5. The minimum Gasteiger partial charge on any atom is -1.00 e. The van der Waals surface area contributed by atoms with E-state index in [0.29, 0.717) is 10.4 Å². The summed E-state index contributed by atoms with van der Waals surface area (Å²) in [5, 5.41) is 0. The summed E-state index contributed by atoms with van der Waals surface area (Å²) in [5.41, 5.74) is 1.24. The highest BCUT2D eigenvalue weighted by Gasteiger charge is 2.25. The summed E-state index contributed by atoms with van der Waals surface area (Å²) in [5.74, 6) is 0.363. The average Bonchev–Trinajstić information content (AvgIpc) is 2.65. The molecule has 0 unspecified atom stereocenters. The van der Waals surface area contributed by atoms with E-state index in [1.165, 1.54) is 82.6 Å². The molecular weight excluding hydrogens is 366 g/mol. The maximum Gasteiger partial charge on any atom is 0.313 e. The first kappa shape index (κ1) is 27.1. The van der Waals surface area contributed by atoms with Gasteiger partial charge in [0.1, 0.15) is 6.54 Å². The van der Waals surface area contributed by atoms with Crippen molar-refractivity contribution in [3.63, 3.8) is 0 Å². The number of halogens is 1. The highest BCUT2D eigenvalue weighted by Crippen LogP contribution is 2.15. The largest absolute Gasteiger partial charge is 1.00 e. The van der Waals surface area contributed by atoms with Crippen molar-refractivity contribution >= 4 is 5.91 Å². The third-order valence-electron chi connectivity index (χ3n) is 5.59. The van der Waals surface area contributed by atoms with Crippen LogP contribution in [-0.4, -0.2) is 24.5 Å². The first-order chi connectivity index (χ1) is 13.1. The quantitative estimate of drug-likeness (QED) is 0.294. The molecule has 1 aromatic carbocycles. The van der Waals surface area contributed by atoms with Crippen LogP contribution >= 0.6 is 0 Å². The molecule has 162 valence electrons. The van der Waals surface area contributed by atoms with Crippen LogP contribution in [-0.2, 0) is 11.3 Å². The molecule has 0 N–H and O–H groups in total. The van der Waals surface area contributed by atoms with Crippen molar-refractivity contribution in [2.24, 2.45) is 0 Å². The summed E-state index contributed by atoms with van der Waals surface area (Å²) in [6.45, 7) is 3.07. The minimum absolute atomic E-state index is 0. The van der Waals surface area contributed by atoms with Crippen LogP contribution in [0, 0.1) is 0 Å². The van der Waals surface area contributed by atoms with Crippen LogP contribution in [0.1, 0.15) is 102 Å². The zero-order valence-electron chi connectivity index (χ0n) is 18.7. The lowest BCUT2D eigenvalue weighted by molar-refractivity contribution is -0.828. The minimum atomic E-state index is 0. The second-order valence-corrected chi connectivity index (χ2v) is 8.72. The Labute approximate surface area is 181 Å². The normalized spacial score (nSPS) is 11.2. The fourth-order valence-electron chi connectivity index (χ4n) is 3.72. The number of carbonyl (C=O) groups excluding carboxylic acids is 1. The van der Waals surface area contributed by atoms with Crippen molar-refractivity contribution < 1.29 is 21.7 Å². The van der Waals surface area contributed by atoms with Gasteiger partial charge in [0, 0.05) is 5.56 Å².